The smallest absolute Gasteiger partial charge is 0.298 e. The summed E-state index contributed by atoms with van der Waals surface area (Å²) in [5.41, 5.74) is 14.1. The summed E-state index contributed by atoms with van der Waals surface area (Å²) in [6, 6.07) is 5.66. The molecule has 0 aliphatic heterocycles. The van der Waals surface area contributed by atoms with Gasteiger partial charge in [-0.05, 0) is 91.5 Å². The Labute approximate surface area is 218 Å². The molecule has 10 nitrogen and oxygen atoms in total. The summed E-state index contributed by atoms with van der Waals surface area (Å²) in [5.74, 6) is 0.0238. The summed E-state index contributed by atoms with van der Waals surface area (Å²) in [5, 5.41) is 0. The van der Waals surface area contributed by atoms with Crippen LogP contribution in [-0.4, -0.2) is 51.2 Å². The van der Waals surface area contributed by atoms with Crippen molar-refractivity contribution in [1.29, 1.82) is 0 Å². The monoisotopic (exact) mass is 556 g/mol. The highest BCUT2D eigenvalue weighted by Gasteiger charge is 2.29. The molecule has 0 radical (unpaired) electrons. The van der Waals surface area contributed by atoms with Crippen molar-refractivity contribution < 1.29 is 35.4 Å². The van der Waals surface area contributed by atoms with E-state index in [2.05, 4.69) is 0 Å². The number of hydrogen-bond donors (Lipinski definition) is 4. The van der Waals surface area contributed by atoms with E-state index in [1.54, 1.807) is 0 Å². The lowest BCUT2D eigenvalue weighted by molar-refractivity contribution is 0.292. The SMILES string of the molecule is CCC(N)CCCOc1cc2c(cc1S(=O)(=O)O)-c1cc(S(=O)(=O)O)c(OCCCC(N)CC)cc1C2. The van der Waals surface area contributed by atoms with Crippen LogP contribution in [0, 0.1) is 0 Å². The fourth-order valence-electron chi connectivity index (χ4n) is 4.30. The van der Waals surface area contributed by atoms with Crippen LogP contribution in [0.3, 0.4) is 0 Å². The highest BCUT2D eigenvalue weighted by atomic mass is 32.2. The maximum Gasteiger partial charge on any atom is 0.298 e. The van der Waals surface area contributed by atoms with Crippen LogP contribution in [0.5, 0.6) is 11.5 Å². The molecule has 0 aromatic heterocycles. The molecule has 0 saturated heterocycles. The van der Waals surface area contributed by atoms with E-state index in [-0.39, 0.29) is 36.8 Å². The Kier molecular flexibility index (Phi) is 9.59. The Balaban J connectivity index is 1.93. The Morgan fingerprint density at radius 2 is 1.14 bits per heavy atom. The lowest BCUT2D eigenvalue weighted by Crippen LogP contribution is -2.19. The van der Waals surface area contributed by atoms with Crippen molar-refractivity contribution >= 4 is 20.2 Å². The predicted octanol–water partition coefficient (Wildman–Crippen LogP) is 3.54. The lowest BCUT2D eigenvalue weighted by atomic mass is 10.1. The van der Waals surface area contributed by atoms with Crippen LogP contribution in [0.15, 0.2) is 34.1 Å². The summed E-state index contributed by atoms with van der Waals surface area (Å²) in [4.78, 5) is -0.834. The first kappa shape index (κ1) is 29.3. The maximum atomic E-state index is 12.1. The van der Waals surface area contributed by atoms with Gasteiger partial charge in [0.2, 0.25) is 0 Å². The number of rotatable bonds is 14. The largest absolute Gasteiger partial charge is 0.492 e. The van der Waals surface area contributed by atoms with Crippen molar-refractivity contribution in [2.24, 2.45) is 11.5 Å². The van der Waals surface area contributed by atoms with E-state index in [1.165, 1.54) is 24.3 Å². The van der Waals surface area contributed by atoms with Gasteiger partial charge >= 0.3 is 0 Å². The zero-order valence-electron chi connectivity index (χ0n) is 21.1. The number of fused-ring (bicyclic) bond motifs is 3. The second-order valence-electron chi connectivity index (χ2n) is 9.36. The van der Waals surface area contributed by atoms with Crippen LogP contribution >= 0.6 is 0 Å². The molecule has 2 aromatic carbocycles. The van der Waals surface area contributed by atoms with E-state index in [4.69, 9.17) is 20.9 Å². The second-order valence-corrected chi connectivity index (χ2v) is 12.1. The van der Waals surface area contributed by atoms with Crippen LogP contribution in [0.2, 0.25) is 0 Å². The summed E-state index contributed by atoms with van der Waals surface area (Å²) in [6.07, 6.45) is 4.63. The van der Waals surface area contributed by atoms with E-state index in [1.807, 2.05) is 13.8 Å². The minimum Gasteiger partial charge on any atom is -0.492 e. The standard InChI is InChI=1S/C25H36N2O8S2/c1-3-18(26)7-5-9-34-22-12-16-11-17-13-23(35-10-6-8-19(27)4-2)25(37(31,32)33)15-21(17)20(16)14-24(22)36(28,29)30/h12-15,18-19H,3-11,26-27H2,1-2H3,(H,28,29,30)(H,31,32,33). The van der Waals surface area contributed by atoms with Crippen LogP contribution in [0.25, 0.3) is 11.1 Å². The zero-order chi connectivity index (χ0) is 27.4. The van der Waals surface area contributed by atoms with Gasteiger partial charge in [-0.3, -0.25) is 9.11 Å². The van der Waals surface area contributed by atoms with Crippen molar-refractivity contribution in [3.05, 3.63) is 35.4 Å². The predicted molar refractivity (Wildman–Crippen MR) is 140 cm³/mol. The van der Waals surface area contributed by atoms with Gasteiger partial charge in [-0.1, -0.05) is 13.8 Å². The molecule has 0 spiro atoms. The van der Waals surface area contributed by atoms with Gasteiger partial charge < -0.3 is 20.9 Å². The number of hydrogen-bond acceptors (Lipinski definition) is 8. The topological polar surface area (TPSA) is 179 Å². The molecule has 3 rings (SSSR count). The molecule has 2 atom stereocenters. The van der Waals surface area contributed by atoms with E-state index in [0.29, 0.717) is 54.4 Å². The Hall–Kier alpha value is -2.22. The average Bonchev–Trinajstić information content (AvgIpc) is 3.18. The van der Waals surface area contributed by atoms with Gasteiger partial charge in [-0.25, -0.2) is 0 Å². The molecule has 12 heteroatoms. The van der Waals surface area contributed by atoms with Gasteiger partial charge in [-0.2, -0.15) is 16.8 Å². The van der Waals surface area contributed by atoms with Gasteiger partial charge in [0, 0.05) is 12.1 Å². The fraction of sp³-hybridized carbons (Fsp3) is 0.520. The van der Waals surface area contributed by atoms with Crippen molar-refractivity contribution in [3.8, 4) is 22.6 Å². The highest BCUT2D eigenvalue weighted by Crippen LogP contribution is 2.44. The molecule has 206 valence electrons. The highest BCUT2D eigenvalue weighted by molar-refractivity contribution is 7.86. The number of ether oxygens (including phenoxy) is 2. The Morgan fingerprint density at radius 3 is 1.46 bits per heavy atom. The normalized spacial score (nSPS) is 14.6. The number of benzene rings is 2. The third-order valence-corrected chi connectivity index (χ3v) is 8.32. The van der Waals surface area contributed by atoms with E-state index in [0.717, 1.165) is 12.8 Å². The van der Waals surface area contributed by atoms with Gasteiger partial charge in [0.05, 0.1) is 13.2 Å². The van der Waals surface area contributed by atoms with Crippen LogP contribution < -0.4 is 20.9 Å². The molecule has 37 heavy (non-hydrogen) atoms. The van der Waals surface area contributed by atoms with Gasteiger partial charge in [0.25, 0.3) is 20.2 Å². The third kappa shape index (κ3) is 7.43. The molecular weight excluding hydrogens is 520 g/mol. The van der Waals surface area contributed by atoms with Gasteiger partial charge in [-0.15, -0.1) is 0 Å². The molecule has 0 amide bonds. The van der Waals surface area contributed by atoms with Crippen molar-refractivity contribution in [2.75, 3.05) is 13.2 Å². The molecule has 2 aromatic rings. The quantitative estimate of drug-likeness (QED) is 0.169. The molecule has 2 unspecified atom stereocenters. The Morgan fingerprint density at radius 1 is 0.757 bits per heavy atom. The molecule has 1 aliphatic carbocycles. The fourth-order valence-corrected chi connectivity index (χ4v) is 5.57. The van der Waals surface area contributed by atoms with Gasteiger partial charge in [0.15, 0.2) is 0 Å². The van der Waals surface area contributed by atoms with Crippen LogP contribution in [-0.2, 0) is 26.7 Å². The first-order valence-corrected chi connectivity index (χ1v) is 15.3. The van der Waals surface area contributed by atoms with Crippen LogP contribution in [0.1, 0.15) is 63.5 Å². The summed E-state index contributed by atoms with van der Waals surface area (Å²) >= 11 is 0. The average molecular weight is 557 g/mol. The Bertz CT molecular complexity index is 1230. The summed E-state index contributed by atoms with van der Waals surface area (Å²) in [7, 11) is -9.28. The summed E-state index contributed by atoms with van der Waals surface area (Å²) in [6.45, 7) is 4.39. The molecule has 0 saturated carbocycles. The molecule has 0 fully saturated rings. The van der Waals surface area contributed by atoms with Crippen LogP contribution in [0.4, 0.5) is 0 Å². The lowest BCUT2D eigenvalue weighted by Gasteiger charge is -2.14. The van der Waals surface area contributed by atoms with E-state index < -0.39 is 30.0 Å². The molecule has 6 N–H and O–H groups in total. The first-order valence-electron chi connectivity index (χ1n) is 12.4. The minimum absolute atomic E-state index is 0.0119. The third-order valence-electron chi connectivity index (χ3n) is 6.57. The summed E-state index contributed by atoms with van der Waals surface area (Å²) < 4.78 is 79.7. The second kappa shape index (κ2) is 12.1. The molecule has 0 heterocycles. The zero-order valence-corrected chi connectivity index (χ0v) is 22.8. The number of nitrogens with two attached hydrogens (primary N) is 2. The van der Waals surface area contributed by atoms with E-state index >= 15 is 0 Å². The maximum absolute atomic E-state index is 12.1. The molecular formula is C25H36N2O8S2. The molecule has 0 bridgehead atoms. The van der Waals surface area contributed by atoms with Crippen molar-refractivity contribution in [2.45, 2.75) is 80.7 Å². The molecule has 1 aliphatic rings. The van der Waals surface area contributed by atoms with Gasteiger partial charge in [0.1, 0.15) is 21.3 Å². The first-order chi connectivity index (χ1) is 17.3. The minimum atomic E-state index is -4.64. The van der Waals surface area contributed by atoms with Crippen molar-refractivity contribution in [1.82, 2.24) is 0 Å². The van der Waals surface area contributed by atoms with Crippen molar-refractivity contribution in [3.63, 3.8) is 0 Å². The van der Waals surface area contributed by atoms with E-state index in [9.17, 15) is 25.9 Å².